The first-order valence-corrected chi connectivity index (χ1v) is 3.98. The van der Waals surface area contributed by atoms with Crippen LogP contribution in [0.15, 0.2) is 41.3 Å². The lowest BCUT2D eigenvalue weighted by Gasteiger charge is -1.98. The van der Waals surface area contributed by atoms with Gasteiger partial charge in [-0.1, -0.05) is 0 Å². The van der Waals surface area contributed by atoms with E-state index >= 15 is 0 Å². The van der Waals surface area contributed by atoms with Crippen LogP contribution in [0.3, 0.4) is 0 Å². The average Bonchev–Trinajstić information content (AvgIpc) is 2.72. The number of furan rings is 1. The smallest absolute Gasteiger partial charge is 0.293 e. The Bertz CT molecular complexity index is 416. The third-order valence-corrected chi connectivity index (χ3v) is 1.54. The number of amides is 1. The zero-order valence-electron chi connectivity index (χ0n) is 7.55. The van der Waals surface area contributed by atoms with Crippen LogP contribution in [0.4, 0.5) is 5.95 Å². The summed E-state index contributed by atoms with van der Waals surface area (Å²) in [4.78, 5) is 19.1. The summed E-state index contributed by atoms with van der Waals surface area (Å²) in [7, 11) is 0. The molecule has 6 heteroatoms. The third-order valence-electron chi connectivity index (χ3n) is 1.54. The van der Waals surface area contributed by atoms with E-state index in [1.807, 2.05) is 0 Å². The van der Waals surface area contributed by atoms with Gasteiger partial charge in [0.1, 0.15) is 0 Å². The summed E-state index contributed by atoms with van der Waals surface area (Å²) in [5.74, 6) is 0.132. The predicted octanol–water partition coefficient (Wildman–Crippen LogP) is -1.67. The van der Waals surface area contributed by atoms with Crippen molar-refractivity contribution < 1.29 is 21.6 Å². The van der Waals surface area contributed by atoms with E-state index in [9.17, 15) is 4.79 Å². The molecule has 1 N–H and O–H groups in total. The number of hydrogen-bond donors (Lipinski definition) is 1. The fourth-order valence-corrected chi connectivity index (χ4v) is 0.935. The van der Waals surface area contributed by atoms with Gasteiger partial charge in [-0.2, -0.15) is 0 Å². The highest BCUT2D eigenvalue weighted by atomic mass is 35.5. The molecule has 0 atom stereocenters. The summed E-state index contributed by atoms with van der Waals surface area (Å²) in [5, 5.41) is 2.49. The molecule has 0 bridgehead atoms. The molecule has 5 nitrogen and oxygen atoms in total. The number of carbonyl (C=O) groups is 1. The molecule has 2 aromatic heterocycles. The quantitative estimate of drug-likeness (QED) is 0.662. The zero-order valence-corrected chi connectivity index (χ0v) is 8.31. The number of rotatable bonds is 2. The molecule has 0 aliphatic rings. The maximum Gasteiger partial charge on any atom is 0.293 e. The molecule has 0 aliphatic heterocycles. The van der Waals surface area contributed by atoms with Gasteiger partial charge in [0.15, 0.2) is 5.76 Å². The standard InChI is InChI=1S/C9H7N3O2.ClH/c13-8(7-3-1-6-14-7)12-9-10-4-2-5-11-9;/h1-6H,(H,10,11,12,13);1H/p-1. The van der Waals surface area contributed by atoms with Crippen molar-refractivity contribution in [3.8, 4) is 0 Å². The van der Waals surface area contributed by atoms with Crippen LogP contribution in [0.1, 0.15) is 10.6 Å². The monoisotopic (exact) mass is 224 g/mol. The zero-order chi connectivity index (χ0) is 9.80. The summed E-state index contributed by atoms with van der Waals surface area (Å²) in [6, 6.07) is 4.88. The van der Waals surface area contributed by atoms with Crippen molar-refractivity contribution >= 4 is 11.9 Å². The SMILES string of the molecule is O=C(Nc1ncccn1)c1ccco1.[Cl-]. The van der Waals surface area contributed by atoms with Crippen molar-refractivity contribution in [3.63, 3.8) is 0 Å². The highest BCUT2D eigenvalue weighted by Gasteiger charge is 2.08. The van der Waals surface area contributed by atoms with Crippen LogP contribution < -0.4 is 17.7 Å². The number of carbonyl (C=O) groups excluding carboxylic acids is 1. The van der Waals surface area contributed by atoms with E-state index in [2.05, 4.69) is 15.3 Å². The molecule has 0 aliphatic carbocycles. The van der Waals surface area contributed by atoms with Crippen LogP contribution in [0.25, 0.3) is 0 Å². The van der Waals surface area contributed by atoms with Crippen molar-refractivity contribution in [3.05, 3.63) is 42.6 Å². The number of hydrogen-bond acceptors (Lipinski definition) is 4. The first kappa shape index (κ1) is 11.2. The number of anilines is 1. The number of nitrogens with zero attached hydrogens (tertiary/aromatic N) is 2. The minimum atomic E-state index is -0.360. The Kier molecular flexibility index (Phi) is 3.82. The van der Waals surface area contributed by atoms with Gasteiger partial charge < -0.3 is 16.8 Å². The van der Waals surface area contributed by atoms with Crippen molar-refractivity contribution in [2.75, 3.05) is 5.32 Å². The van der Waals surface area contributed by atoms with Crippen LogP contribution >= 0.6 is 0 Å². The minimum absolute atomic E-state index is 0. The predicted molar refractivity (Wildman–Crippen MR) is 48.7 cm³/mol. The molecule has 0 spiro atoms. The molecule has 2 heterocycles. The molecule has 2 aromatic rings. The topological polar surface area (TPSA) is 68.0 Å². The van der Waals surface area contributed by atoms with Gasteiger partial charge in [-0.3, -0.25) is 10.1 Å². The van der Waals surface area contributed by atoms with E-state index in [0.717, 1.165) is 0 Å². The molecule has 0 unspecified atom stereocenters. The lowest BCUT2D eigenvalue weighted by atomic mass is 10.4. The highest BCUT2D eigenvalue weighted by Crippen LogP contribution is 2.03. The van der Waals surface area contributed by atoms with Gasteiger partial charge >= 0.3 is 0 Å². The minimum Gasteiger partial charge on any atom is -1.00 e. The number of halogens is 1. The van der Waals surface area contributed by atoms with E-state index in [1.165, 1.54) is 6.26 Å². The van der Waals surface area contributed by atoms with E-state index < -0.39 is 0 Å². The molecule has 0 fully saturated rings. The fraction of sp³-hybridized carbons (Fsp3) is 0. The van der Waals surface area contributed by atoms with Crippen LogP contribution in [-0.2, 0) is 0 Å². The maximum absolute atomic E-state index is 11.4. The summed E-state index contributed by atoms with van der Waals surface area (Å²) in [6.07, 6.45) is 4.52. The van der Waals surface area contributed by atoms with E-state index in [1.54, 1.807) is 30.6 Å². The Morgan fingerprint density at radius 3 is 2.60 bits per heavy atom. The first-order valence-electron chi connectivity index (χ1n) is 3.98. The molecule has 1 amide bonds. The van der Waals surface area contributed by atoms with Crippen LogP contribution in [0, 0.1) is 0 Å². The van der Waals surface area contributed by atoms with Crippen molar-refractivity contribution in [2.24, 2.45) is 0 Å². The Morgan fingerprint density at radius 2 is 2.00 bits per heavy atom. The largest absolute Gasteiger partial charge is 1.00 e. The Labute approximate surface area is 92.0 Å². The first-order chi connectivity index (χ1) is 6.86. The van der Waals surface area contributed by atoms with E-state index in [4.69, 9.17) is 4.42 Å². The second-order valence-corrected chi connectivity index (χ2v) is 2.50. The second kappa shape index (κ2) is 5.11. The summed E-state index contributed by atoms with van der Waals surface area (Å²) < 4.78 is 4.90. The second-order valence-electron chi connectivity index (χ2n) is 2.50. The van der Waals surface area contributed by atoms with E-state index in [-0.39, 0.29) is 30.0 Å². The van der Waals surface area contributed by atoms with Gasteiger partial charge in [-0.05, 0) is 18.2 Å². The van der Waals surface area contributed by atoms with Gasteiger partial charge in [-0.15, -0.1) is 0 Å². The van der Waals surface area contributed by atoms with Crippen LogP contribution in [-0.4, -0.2) is 15.9 Å². The molecular weight excluding hydrogens is 218 g/mol. The lowest BCUT2D eigenvalue weighted by Crippen LogP contribution is -3.00. The Hall–Kier alpha value is -1.88. The van der Waals surface area contributed by atoms with Crippen molar-refractivity contribution in [1.82, 2.24) is 9.97 Å². The van der Waals surface area contributed by atoms with Gasteiger partial charge in [0.2, 0.25) is 5.95 Å². The van der Waals surface area contributed by atoms with Crippen molar-refractivity contribution in [1.29, 1.82) is 0 Å². The molecule has 2 rings (SSSR count). The number of aromatic nitrogens is 2. The Balaban J connectivity index is 0.00000112. The Morgan fingerprint density at radius 1 is 1.27 bits per heavy atom. The van der Waals surface area contributed by atoms with E-state index in [0.29, 0.717) is 0 Å². The molecule has 0 aromatic carbocycles. The summed E-state index contributed by atoms with van der Waals surface area (Å²) in [6.45, 7) is 0. The van der Waals surface area contributed by atoms with Crippen LogP contribution in [0.2, 0.25) is 0 Å². The summed E-state index contributed by atoms with van der Waals surface area (Å²) in [5.41, 5.74) is 0. The van der Waals surface area contributed by atoms with Gasteiger partial charge in [0.05, 0.1) is 6.26 Å². The van der Waals surface area contributed by atoms with Crippen molar-refractivity contribution in [2.45, 2.75) is 0 Å². The summed E-state index contributed by atoms with van der Waals surface area (Å²) >= 11 is 0. The molecule has 0 saturated carbocycles. The highest BCUT2D eigenvalue weighted by molar-refractivity contribution is 6.01. The molecular formula is C9H7ClN3O2-. The molecule has 78 valence electrons. The van der Waals surface area contributed by atoms with Crippen LogP contribution in [0.5, 0.6) is 0 Å². The maximum atomic E-state index is 11.4. The normalized spacial score (nSPS) is 9.07. The third kappa shape index (κ3) is 2.78. The van der Waals surface area contributed by atoms with Gasteiger partial charge in [-0.25, -0.2) is 9.97 Å². The van der Waals surface area contributed by atoms with Gasteiger partial charge in [0, 0.05) is 12.4 Å². The molecule has 15 heavy (non-hydrogen) atoms. The average molecular weight is 225 g/mol. The molecule has 0 saturated heterocycles. The molecule has 0 radical (unpaired) electrons. The van der Waals surface area contributed by atoms with Gasteiger partial charge in [0.25, 0.3) is 5.91 Å². The lowest BCUT2D eigenvalue weighted by molar-refractivity contribution is -0.0000108. The number of nitrogens with one attached hydrogen (secondary N) is 1. The fourth-order valence-electron chi connectivity index (χ4n) is 0.935.